The molecule has 0 amide bonds. The summed E-state index contributed by atoms with van der Waals surface area (Å²) < 4.78 is 11.3. The Balaban J connectivity index is 2.06. The molecule has 0 saturated carbocycles. The highest BCUT2D eigenvalue weighted by molar-refractivity contribution is 7.19. The number of methoxy groups -OCH3 is 1. The van der Waals surface area contributed by atoms with Crippen molar-refractivity contribution in [3.63, 3.8) is 0 Å². The van der Waals surface area contributed by atoms with E-state index in [1.54, 1.807) is 12.1 Å². The molecule has 1 unspecified atom stereocenters. The molecular formula is C16H22N2O4S. The third kappa shape index (κ3) is 4.56. The van der Waals surface area contributed by atoms with Crippen LogP contribution < -0.4 is 10.5 Å². The number of rotatable bonds is 5. The number of nitrogens with two attached hydrogens (primary N) is 1. The third-order valence-corrected chi connectivity index (χ3v) is 4.28. The number of anilines is 1. The predicted octanol–water partition coefficient (Wildman–Crippen LogP) is 3.04. The maximum absolute atomic E-state index is 11.7. The molecule has 0 aromatic carbocycles. The third-order valence-electron chi connectivity index (χ3n) is 3.11. The van der Waals surface area contributed by atoms with Gasteiger partial charge in [-0.05, 0) is 33.3 Å². The van der Waals surface area contributed by atoms with Gasteiger partial charge in [-0.1, -0.05) is 0 Å². The molecule has 2 rings (SSSR count). The van der Waals surface area contributed by atoms with E-state index in [0.29, 0.717) is 23.5 Å². The minimum atomic E-state index is -0.742. The van der Waals surface area contributed by atoms with E-state index in [0.717, 1.165) is 9.58 Å². The lowest BCUT2D eigenvalue weighted by Gasteiger charge is -2.19. The van der Waals surface area contributed by atoms with Crippen molar-refractivity contribution in [2.24, 2.45) is 0 Å². The lowest BCUT2D eigenvalue weighted by Crippen LogP contribution is -2.23. The van der Waals surface area contributed by atoms with Crippen molar-refractivity contribution in [1.82, 2.24) is 4.98 Å². The first-order chi connectivity index (χ1) is 10.7. The van der Waals surface area contributed by atoms with E-state index in [2.05, 4.69) is 4.98 Å². The summed E-state index contributed by atoms with van der Waals surface area (Å²) in [5.41, 5.74) is 5.98. The Morgan fingerprint density at radius 1 is 1.43 bits per heavy atom. The van der Waals surface area contributed by atoms with Crippen molar-refractivity contribution in [3.05, 3.63) is 17.0 Å². The zero-order valence-corrected chi connectivity index (χ0v) is 14.6. The topological polar surface area (TPSA) is 94.7 Å². The van der Waals surface area contributed by atoms with Crippen LogP contribution in [-0.2, 0) is 9.53 Å². The van der Waals surface area contributed by atoms with Crippen LogP contribution in [0.2, 0.25) is 0 Å². The van der Waals surface area contributed by atoms with Crippen molar-refractivity contribution in [2.45, 2.75) is 45.3 Å². The summed E-state index contributed by atoms with van der Waals surface area (Å²) >= 11 is 1.41. The van der Waals surface area contributed by atoms with E-state index in [9.17, 15) is 9.90 Å². The number of esters is 1. The Bertz CT molecular complexity index is 706. The van der Waals surface area contributed by atoms with E-state index in [-0.39, 0.29) is 12.4 Å². The SMILES string of the molecule is COc1cc2sc(C(O)CCC(=O)OC(C)(C)C)cc2nc1N. The van der Waals surface area contributed by atoms with Gasteiger partial charge in [0.2, 0.25) is 0 Å². The number of hydrogen-bond donors (Lipinski definition) is 2. The maximum Gasteiger partial charge on any atom is 0.306 e. The van der Waals surface area contributed by atoms with Crippen molar-refractivity contribution in [1.29, 1.82) is 0 Å². The molecule has 1 atom stereocenters. The largest absolute Gasteiger partial charge is 0.493 e. The normalized spacial score (nSPS) is 13.1. The molecule has 0 aliphatic carbocycles. The number of ether oxygens (including phenoxy) is 2. The average Bonchev–Trinajstić information content (AvgIpc) is 2.84. The van der Waals surface area contributed by atoms with Crippen molar-refractivity contribution >= 4 is 33.3 Å². The maximum atomic E-state index is 11.7. The van der Waals surface area contributed by atoms with E-state index < -0.39 is 11.7 Å². The van der Waals surface area contributed by atoms with Gasteiger partial charge in [0.15, 0.2) is 11.6 Å². The zero-order valence-electron chi connectivity index (χ0n) is 13.8. The van der Waals surface area contributed by atoms with Crippen LogP contribution in [0.15, 0.2) is 12.1 Å². The first kappa shape index (κ1) is 17.5. The highest BCUT2D eigenvalue weighted by Gasteiger charge is 2.19. The van der Waals surface area contributed by atoms with Gasteiger partial charge in [-0.25, -0.2) is 4.98 Å². The summed E-state index contributed by atoms with van der Waals surface area (Å²) in [4.78, 5) is 16.7. The Morgan fingerprint density at radius 2 is 2.13 bits per heavy atom. The summed E-state index contributed by atoms with van der Waals surface area (Å²) in [6, 6.07) is 3.59. The fourth-order valence-electron chi connectivity index (χ4n) is 2.10. The second kappa shape index (κ2) is 6.72. The monoisotopic (exact) mass is 338 g/mol. The molecule has 126 valence electrons. The number of pyridine rings is 1. The van der Waals surface area contributed by atoms with E-state index in [4.69, 9.17) is 15.2 Å². The second-order valence-electron chi connectivity index (χ2n) is 6.25. The molecule has 2 aromatic rings. The second-order valence-corrected chi connectivity index (χ2v) is 7.36. The minimum Gasteiger partial charge on any atom is -0.493 e. The van der Waals surface area contributed by atoms with E-state index in [1.807, 2.05) is 20.8 Å². The Kier molecular flexibility index (Phi) is 5.11. The van der Waals surface area contributed by atoms with Crippen LogP contribution in [0.4, 0.5) is 5.82 Å². The van der Waals surface area contributed by atoms with Crippen LogP contribution in [0.5, 0.6) is 5.75 Å². The van der Waals surface area contributed by atoms with E-state index >= 15 is 0 Å². The van der Waals surface area contributed by atoms with Crippen LogP contribution in [-0.4, -0.2) is 28.8 Å². The molecule has 0 aliphatic heterocycles. The van der Waals surface area contributed by atoms with Crippen molar-refractivity contribution in [3.8, 4) is 5.75 Å². The van der Waals surface area contributed by atoms with Gasteiger partial charge in [0.05, 0.1) is 23.4 Å². The van der Waals surface area contributed by atoms with Gasteiger partial charge in [-0.3, -0.25) is 4.79 Å². The van der Waals surface area contributed by atoms with Gasteiger partial charge < -0.3 is 20.3 Å². The molecule has 0 fully saturated rings. The summed E-state index contributed by atoms with van der Waals surface area (Å²) in [5.74, 6) is 0.503. The Hall–Kier alpha value is -1.86. The fraction of sp³-hybridized carbons (Fsp3) is 0.500. The quantitative estimate of drug-likeness (QED) is 0.814. The molecule has 0 bridgehead atoms. The standard InChI is InChI=1S/C16H22N2O4S/c1-16(2,3)22-14(20)6-5-10(19)13-7-9-12(23-13)8-11(21-4)15(17)18-9/h7-8,10,19H,5-6H2,1-4H3,(H2,17,18). The summed E-state index contributed by atoms with van der Waals surface area (Å²) in [5, 5.41) is 10.3. The van der Waals surface area contributed by atoms with Crippen LogP contribution in [0.25, 0.3) is 10.2 Å². The van der Waals surface area contributed by atoms with E-state index in [1.165, 1.54) is 18.4 Å². The zero-order chi connectivity index (χ0) is 17.2. The number of hydrogen-bond acceptors (Lipinski definition) is 7. The molecule has 0 aliphatic rings. The first-order valence-corrected chi connectivity index (χ1v) is 8.15. The number of aliphatic hydroxyl groups excluding tert-OH is 1. The molecule has 0 radical (unpaired) electrons. The lowest BCUT2D eigenvalue weighted by molar-refractivity contribution is -0.155. The number of aromatic nitrogens is 1. The van der Waals surface area contributed by atoms with Crippen molar-refractivity contribution in [2.75, 3.05) is 12.8 Å². The Morgan fingerprint density at radius 3 is 2.74 bits per heavy atom. The smallest absolute Gasteiger partial charge is 0.306 e. The van der Waals surface area contributed by atoms with Gasteiger partial charge in [0.1, 0.15) is 5.60 Å². The lowest BCUT2D eigenvalue weighted by atomic mass is 10.1. The molecule has 23 heavy (non-hydrogen) atoms. The van der Waals surface area contributed by atoms with Gasteiger partial charge in [0.25, 0.3) is 0 Å². The number of aliphatic hydroxyl groups is 1. The fourth-order valence-corrected chi connectivity index (χ4v) is 3.15. The summed E-state index contributed by atoms with van der Waals surface area (Å²) in [7, 11) is 1.53. The highest BCUT2D eigenvalue weighted by atomic mass is 32.1. The number of nitrogen functional groups attached to an aromatic ring is 1. The number of nitrogens with zero attached hydrogens (tertiary/aromatic N) is 1. The molecule has 7 heteroatoms. The van der Waals surface area contributed by atoms with Gasteiger partial charge in [0, 0.05) is 17.4 Å². The number of fused-ring (bicyclic) bond motifs is 1. The number of carbonyl (C=O) groups is 1. The predicted molar refractivity (Wildman–Crippen MR) is 90.6 cm³/mol. The average molecular weight is 338 g/mol. The van der Waals surface area contributed by atoms with Crippen molar-refractivity contribution < 1.29 is 19.4 Å². The van der Waals surface area contributed by atoms with Crippen LogP contribution in [0, 0.1) is 0 Å². The molecule has 0 spiro atoms. The highest BCUT2D eigenvalue weighted by Crippen LogP contribution is 2.34. The Labute approximate surface area is 139 Å². The summed E-state index contributed by atoms with van der Waals surface area (Å²) in [6.07, 6.45) is -0.283. The van der Waals surface area contributed by atoms with Crippen LogP contribution >= 0.6 is 11.3 Å². The van der Waals surface area contributed by atoms with Gasteiger partial charge >= 0.3 is 5.97 Å². The number of carbonyl (C=O) groups excluding carboxylic acids is 1. The molecular weight excluding hydrogens is 316 g/mol. The molecule has 2 aromatic heterocycles. The minimum absolute atomic E-state index is 0.158. The molecule has 3 N–H and O–H groups in total. The summed E-state index contributed by atoms with van der Waals surface area (Å²) in [6.45, 7) is 5.45. The van der Waals surface area contributed by atoms with Crippen LogP contribution in [0.1, 0.15) is 44.6 Å². The molecule has 2 heterocycles. The van der Waals surface area contributed by atoms with Gasteiger partial charge in [-0.2, -0.15) is 0 Å². The van der Waals surface area contributed by atoms with Gasteiger partial charge in [-0.15, -0.1) is 11.3 Å². The first-order valence-electron chi connectivity index (χ1n) is 7.33. The van der Waals surface area contributed by atoms with Crippen LogP contribution in [0.3, 0.4) is 0 Å². The molecule has 6 nitrogen and oxygen atoms in total. The number of thiophene rings is 1. The molecule has 0 saturated heterocycles.